The number of ether oxygens (including phenoxy) is 1. The highest BCUT2D eigenvalue weighted by Crippen LogP contribution is 2.03. The lowest BCUT2D eigenvalue weighted by molar-refractivity contribution is -0.142. The fraction of sp³-hybridized carbons (Fsp3) is 0.429. The second-order valence-electron chi connectivity index (χ2n) is 4.20. The van der Waals surface area contributed by atoms with Crippen LogP contribution in [0.4, 0.5) is 0 Å². The van der Waals surface area contributed by atoms with Crippen LogP contribution in [0.2, 0.25) is 0 Å². The molecular weight excluding hydrogens is 246 g/mol. The van der Waals surface area contributed by atoms with E-state index in [1.807, 2.05) is 37.3 Å². The zero-order valence-corrected chi connectivity index (χ0v) is 11.0. The Hall–Kier alpha value is -1.88. The molecule has 5 nitrogen and oxygen atoms in total. The maximum absolute atomic E-state index is 11.5. The molecule has 0 aliphatic heterocycles. The molecule has 1 atom stereocenters. The van der Waals surface area contributed by atoms with Crippen LogP contribution in [0, 0.1) is 0 Å². The summed E-state index contributed by atoms with van der Waals surface area (Å²) in [5, 5.41) is 11.6. The molecule has 0 heterocycles. The van der Waals surface area contributed by atoms with Gasteiger partial charge in [0.2, 0.25) is 5.91 Å². The van der Waals surface area contributed by atoms with Crippen molar-refractivity contribution >= 4 is 11.9 Å². The number of hydrogen-bond donors (Lipinski definition) is 2. The molecule has 0 aliphatic rings. The van der Waals surface area contributed by atoms with E-state index in [1.54, 1.807) is 0 Å². The highest BCUT2D eigenvalue weighted by atomic mass is 16.5. The van der Waals surface area contributed by atoms with Gasteiger partial charge in [-0.1, -0.05) is 37.3 Å². The number of carboxylic acid groups (broad SMARTS) is 1. The number of carbonyl (C=O) groups is 2. The fourth-order valence-corrected chi connectivity index (χ4v) is 1.60. The summed E-state index contributed by atoms with van der Waals surface area (Å²) >= 11 is 0. The van der Waals surface area contributed by atoms with Crippen molar-refractivity contribution in [1.29, 1.82) is 0 Å². The molecule has 104 valence electrons. The predicted octanol–water partition coefficient (Wildman–Crippen LogP) is 1.23. The lowest BCUT2D eigenvalue weighted by Crippen LogP contribution is -2.43. The molecule has 0 aromatic heterocycles. The zero-order chi connectivity index (χ0) is 14.1. The van der Waals surface area contributed by atoms with Crippen LogP contribution in [-0.4, -0.2) is 36.2 Å². The highest BCUT2D eigenvalue weighted by Gasteiger charge is 2.20. The van der Waals surface area contributed by atoms with Gasteiger partial charge in [0, 0.05) is 13.0 Å². The second-order valence-corrected chi connectivity index (χ2v) is 4.20. The van der Waals surface area contributed by atoms with Crippen LogP contribution in [0.5, 0.6) is 0 Å². The summed E-state index contributed by atoms with van der Waals surface area (Å²) in [5.74, 6) is -1.45. The van der Waals surface area contributed by atoms with Gasteiger partial charge in [-0.2, -0.15) is 0 Å². The number of aliphatic carboxylic acids is 1. The number of amides is 1. The first-order chi connectivity index (χ1) is 9.13. The van der Waals surface area contributed by atoms with Gasteiger partial charge in [-0.3, -0.25) is 4.79 Å². The van der Waals surface area contributed by atoms with Gasteiger partial charge in [0.15, 0.2) is 0 Å². The van der Waals surface area contributed by atoms with Crippen LogP contribution in [0.25, 0.3) is 0 Å². The topological polar surface area (TPSA) is 75.6 Å². The van der Waals surface area contributed by atoms with Crippen molar-refractivity contribution in [3.05, 3.63) is 35.9 Å². The maximum Gasteiger partial charge on any atom is 0.326 e. The van der Waals surface area contributed by atoms with Crippen molar-refractivity contribution in [2.24, 2.45) is 0 Å². The molecule has 0 fully saturated rings. The maximum atomic E-state index is 11.5. The molecule has 1 aromatic rings. The molecule has 0 spiro atoms. The van der Waals surface area contributed by atoms with E-state index < -0.39 is 17.9 Å². The number of benzene rings is 1. The standard InChI is InChI=1S/C14H19NO4/c1-2-8-19-10-13(16)15-12(14(17)18)9-11-6-4-3-5-7-11/h3-7,12H,2,8-10H2,1H3,(H,15,16)(H,17,18)/t12-/m0/s1. The third kappa shape index (κ3) is 6.01. The molecule has 0 radical (unpaired) electrons. The largest absolute Gasteiger partial charge is 0.480 e. The van der Waals surface area contributed by atoms with Crippen molar-refractivity contribution in [2.45, 2.75) is 25.8 Å². The molecular formula is C14H19NO4. The SMILES string of the molecule is CCCOCC(=O)N[C@@H](Cc1ccccc1)C(=O)O. The lowest BCUT2D eigenvalue weighted by atomic mass is 10.1. The molecule has 1 rings (SSSR count). The van der Waals surface area contributed by atoms with E-state index in [4.69, 9.17) is 9.84 Å². The zero-order valence-electron chi connectivity index (χ0n) is 11.0. The Balaban J connectivity index is 2.49. The van der Waals surface area contributed by atoms with Crippen molar-refractivity contribution in [2.75, 3.05) is 13.2 Å². The van der Waals surface area contributed by atoms with Crippen LogP contribution in [0.1, 0.15) is 18.9 Å². The molecule has 0 bridgehead atoms. The van der Waals surface area contributed by atoms with E-state index in [0.29, 0.717) is 6.61 Å². The molecule has 0 unspecified atom stereocenters. The third-order valence-corrected chi connectivity index (χ3v) is 2.50. The lowest BCUT2D eigenvalue weighted by Gasteiger charge is -2.14. The summed E-state index contributed by atoms with van der Waals surface area (Å²) in [4.78, 5) is 22.6. The van der Waals surface area contributed by atoms with Crippen molar-refractivity contribution < 1.29 is 19.4 Å². The van der Waals surface area contributed by atoms with Gasteiger partial charge in [0.05, 0.1) is 0 Å². The van der Waals surface area contributed by atoms with Crippen LogP contribution >= 0.6 is 0 Å². The van der Waals surface area contributed by atoms with Crippen LogP contribution in [0.3, 0.4) is 0 Å². The normalized spacial score (nSPS) is 11.8. The van der Waals surface area contributed by atoms with Gasteiger partial charge in [-0.05, 0) is 12.0 Å². The Morgan fingerprint density at radius 3 is 2.58 bits per heavy atom. The fourth-order valence-electron chi connectivity index (χ4n) is 1.60. The first-order valence-corrected chi connectivity index (χ1v) is 6.27. The average Bonchev–Trinajstić information content (AvgIpc) is 2.39. The van der Waals surface area contributed by atoms with Crippen LogP contribution in [0.15, 0.2) is 30.3 Å². The number of nitrogens with one attached hydrogen (secondary N) is 1. The van der Waals surface area contributed by atoms with Gasteiger partial charge < -0.3 is 15.2 Å². The van der Waals surface area contributed by atoms with Crippen molar-refractivity contribution in [3.63, 3.8) is 0 Å². The van der Waals surface area contributed by atoms with E-state index in [-0.39, 0.29) is 13.0 Å². The number of carbonyl (C=O) groups excluding carboxylic acids is 1. The summed E-state index contributed by atoms with van der Waals surface area (Å²) in [6, 6.07) is 8.25. The molecule has 19 heavy (non-hydrogen) atoms. The number of carboxylic acids is 1. The van der Waals surface area contributed by atoms with Gasteiger partial charge in [0.25, 0.3) is 0 Å². The van der Waals surface area contributed by atoms with Gasteiger partial charge in [0.1, 0.15) is 12.6 Å². The van der Waals surface area contributed by atoms with E-state index >= 15 is 0 Å². The summed E-state index contributed by atoms with van der Waals surface area (Å²) in [6.07, 6.45) is 1.08. The Morgan fingerprint density at radius 2 is 2.00 bits per heavy atom. The molecule has 1 aromatic carbocycles. The summed E-state index contributed by atoms with van der Waals surface area (Å²) < 4.78 is 5.07. The monoisotopic (exact) mass is 265 g/mol. The number of rotatable bonds is 8. The predicted molar refractivity (Wildman–Crippen MR) is 70.8 cm³/mol. The Morgan fingerprint density at radius 1 is 1.32 bits per heavy atom. The van der Waals surface area contributed by atoms with Gasteiger partial charge in [-0.25, -0.2) is 4.79 Å². The van der Waals surface area contributed by atoms with Gasteiger partial charge in [-0.15, -0.1) is 0 Å². The minimum Gasteiger partial charge on any atom is -0.480 e. The summed E-state index contributed by atoms with van der Waals surface area (Å²) in [7, 11) is 0. The first kappa shape index (κ1) is 15.2. The molecule has 0 saturated heterocycles. The summed E-state index contributed by atoms with van der Waals surface area (Å²) in [6.45, 7) is 2.32. The second kappa shape index (κ2) is 8.26. The Kier molecular flexibility index (Phi) is 6.60. The quantitative estimate of drug-likeness (QED) is 0.693. The minimum atomic E-state index is -1.05. The molecule has 0 aliphatic carbocycles. The van der Waals surface area contributed by atoms with E-state index in [1.165, 1.54) is 0 Å². The average molecular weight is 265 g/mol. The number of hydrogen-bond acceptors (Lipinski definition) is 3. The van der Waals surface area contributed by atoms with Crippen LogP contribution in [-0.2, 0) is 20.7 Å². The van der Waals surface area contributed by atoms with Crippen molar-refractivity contribution in [3.8, 4) is 0 Å². The smallest absolute Gasteiger partial charge is 0.326 e. The van der Waals surface area contributed by atoms with E-state index in [0.717, 1.165) is 12.0 Å². The Bertz CT molecular complexity index is 405. The van der Waals surface area contributed by atoms with Gasteiger partial charge >= 0.3 is 5.97 Å². The summed E-state index contributed by atoms with van der Waals surface area (Å²) in [5.41, 5.74) is 0.865. The van der Waals surface area contributed by atoms with E-state index in [2.05, 4.69) is 5.32 Å². The van der Waals surface area contributed by atoms with E-state index in [9.17, 15) is 9.59 Å². The van der Waals surface area contributed by atoms with Crippen molar-refractivity contribution in [1.82, 2.24) is 5.32 Å². The Labute approximate surface area is 112 Å². The molecule has 1 amide bonds. The minimum absolute atomic E-state index is 0.105. The first-order valence-electron chi connectivity index (χ1n) is 6.27. The van der Waals surface area contributed by atoms with Crippen LogP contribution < -0.4 is 5.32 Å². The molecule has 0 saturated carbocycles. The highest BCUT2D eigenvalue weighted by molar-refractivity contribution is 5.84. The molecule has 5 heteroatoms. The molecule has 2 N–H and O–H groups in total. The third-order valence-electron chi connectivity index (χ3n) is 2.50.